The molecule has 0 unspecified atom stereocenters. The third-order valence-corrected chi connectivity index (χ3v) is 3.39. The molecule has 3 nitrogen and oxygen atoms in total. The average Bonchev–Trinajstić information content (AvgIpc) is 3.31. The summed E-state index contributed by atoms with van der Waals surface area (Å²) in [5, 5.41) is 3.00. The highest BCUT2D eigenvalue weighted by molar-refractivity contribution is 5.59. The van der Waals surface area contributed by atoms with E-state index >= 15 is 0 Å². The topological polar surface area (TPSA) is 37.8 Å². The van der Waals surface area contributed by atoms with Crippen LogP contribution in [-0.4, -0.2) is 17.0 Å². The summed E-state index contributed by atoms with van der Waals surface area (Å²) in [6.07, 6.45) is -0.210. The number of rotatable bonds is 4. The van der Waals surface area contributed by atoms with Crippen molar-refractivity contribution in [2.75, 3.05) is 12.4 Å². The number of nitrogens with one attached hydrogen (secondary N) is 1. The molecular formula is C15H15F2N3. The number of halogens is 2. The lowest BCUT2D eigenvalue weighted by Gasteiger charge is -2.08. The van der Waals surface area contributed by atoms with Crippen molar-refractivity contribution in [2.24, 2.45) is 0 Å². The van der Waals surface area contributed by atoms with E-state index in [2.05, 4.69) is 15.3 Å². The minimum absolute atomic E-state index is 0.00562. The second-order valence-corrected chi connectivity index (χ2v) is 4.95. The molecule has 0 aliphatic heterocycles. The summed E-state index contributed by atoms with van der Waals surface area (Å²) in [7, 11) is 1.79. The maximum absolute atomic E-state index is 12.8. The summed E-state index contributed by atoms with van der Waals surface area (Å²) in [6.45, 7) is 0. The van der Waals surface area contributed by atoms with Crippen LogP contribution in [-0.2, 0) is 0 Å². The van der Waals surface area contributed by atoms with E-state index in [9.17, 15) is 8.78 Å². The third kappa shape index (κ3) is 2.61. The van der Waals surface area contributed by atoms with Crippen molar-refractivity contribution in [1.82, 2.24) is 9.97 Å². The number of benzene rings is 1. The van der Waals surface area contributed by atoms with Gasteiger partial charge in [-0.3, -0.25) is 0 Å². The summed E-state index contributed by atoms with van der Waals surface area (Å²) in [5.74, 6) is 1.71. The predicted molar refractivity (Wildman–Crippen MR) is 73.9 cm³/mol. The molecule has 1 saturated carbocycles. The second kappa shape index (κ2) is 5.15. The van der Waals surface area contributed by atoms with Gasteiger partial charge < -0.3 is 5.32 Å². The van der Waals surface area contributed by atoms with Crippen LogP contribution in [0.2, 0.25) is 0 Å². The number of hydrogen-bond donors (Lipinski definition) is 1. The monoisotopic (exact) mass is 275 g/mol. The number of hydrogen-bond acceptors (Lipinski definition) is 3. The van der Waals surface area contributed by atoms with Gasteiger partial charge in [-0.25, -0.2) is 18.7 Å². The van der Waals surface area contributed by atoms with E-state index in [-0.39, 0.29) is 5.56 Å². The standard InChI is InChI=1S/C15H15F2N3/c1-18-13-8-12(9-5-6-9)19-15(20-13)11-4-2-3-10(7-11)14(16)17/h2-4,7-9,14H,5-6H2,1H3,(H,18,19,20). The van der Waals surface area contributed by atoms with Crippen molar-refractivity contribution in [1.29, 1.82) is 0 Å². The minimum atomic E-state index is -2.48. The van der Waals surface area contributed by atoms with Gasteiger partial charge in [-0.1, -0.05) is 18.2 Å². The molecule has 1 heterocycles. The predicted octanol–water partition coefficient (Wildman–Crippen LogP) is 4.00. The van der Waals surface area contributed by atoms with E-state index in [1.54, 1.807) is 19.2 Å². The van der Waals surface area contributed by atoms with E-state index in [4.69, 9.17) is 0 Å². The molecule has 104 valence electrons. The molecule has 0 amide bonds. The van der Waals surface area contributed by atoms with E-state index < -0.39 is 6.43 Å². The van der Waals surface area contributed by atoms with Crippen LogP contribution in [0.25, 0.3) is 11.4 Å². The zero-order chi connectivity index (χ0) is 14.1. The highest BCUT2D eigenvalue weighted by Crippen LogP contribution is 2.40. The molecule has 1 aromatic heterocycles. The van der Waals surface area contributed by atoms with E-state index in [0.717, 1.165) is 24.4 Å². The van der Waals surface area contributed by atoms with Crippen molar-refractivity contribution < 1.29 is 8.78 Å². The van der Waals surface area contributed by atoms with Gasteiger partial charge in [-0.2, -0.15) is 0 Å². The van der Waals surface area contributed by atoms with Crippen molar-refractivity contribution in [3.05, 3.63) is 41.6 Å². The first-order chi connectivity index (χ1) is 9.67. The molecule has 0 radical (unpaired) electrons. The highest BCUT2D eigenvalue weighted by Gasteiger charge is 2.26. The third-order valence-electron chi connectivity index (χ3n) is 3.39. The van der Waals surface area contributed by atoms with E-state index in [1.807, 2.05) is 6.07 Å². The first kappa shape index (κ1) is 13.0. The summed E-state index contributed by atoms with van der Waals surface area (Å²) in [5.41, 5.74) is 1.61. The van der Waals surface area contributed by atoms with Crippen LogP contribution in [0.1, 0.15) is 36.4 Å². The van der Waals surface area contributed by atoms with E-state index in [0.29, 0.717) is 17.3 Å². The van der Waals surface area contributed by atoms with Crippen LogP contribution in [0.5, 0.6) is 0 Å². The molecule has 0 atom stereocenters. The number of alkyl halides is 2. The maximum Gasteiger partial charge on any atom is 0.263 e. The zero-order valence-corrected chi connectivity index (χ0v) is 11.1. The first-order valence-electron chi connectivity index (χ1n) is 6.62. The van der Waals surface area contributed by atoms with Gasteiger partial charge in [-0.15, -0.1) is 0 Å². The lowest BCUT2D eigenvalue weighted by atomic mass is 10.1. The Hall–Kier alpha value is -2.04. The smallest absolute Gasteiger partial charge is 0.263 e. The largest absolute Gasteiger partial charge is 0.373 e. The van der Waals surface area contributed by atoms with Gasteiger partial charge in [0.25, 0.3) is 6.43 Å². The Kier molecular flexibility index (Phi) is 3.34. The Morgan fingerprint density at radius 1 is 1.20 bits per heavy atom. The molecule has 0 bridgehead atoms. The molecule has 20 heavy (non-hydrogen) atoms. The van der Waals surface area contributed by atoms with Crippen molar-refractivity contribution in [3.8, 4) is 11.4 Å². The molecule has 5 heteroatoms. The van der Waals surface area contributed by atoms with Gasteiger partial charge in [-0.05, 0) is 18.9 Å². The second-order valence-electron chi connectivity index (χ2n) is 4.95. The lowest BCUT2D eigenvalue weighted by Crippen LogP contribution is -2.00. The molecule has 1 aliphatic rings. The number of nitrogens with zero attached hydrogens (tertiary/aromatic N) is 2. The maximum atomic E-state index is 12.8. The molecule has 1 aromatic carbocycles. The number of aromatic nitrogens is 2. The molecule has 3 rings (SSSR count). The Balaban J connectivity index is 2.04. The van der Waals surface area contributed by atoms with Crippen molar-refractivity contribution in [2.45, 2.75) is 25.2 Å². The molecule has 1 fully saturated rings. The molecule has 0 saturated heterocycles. The SMILES string of the molecule is CNc1cc(C2CC2)nc(-c2cccc(C(F)F)c2)n1. The van der Waals surface area contributed by atoms with E-state index in [1.165, 1.54) is 12.1 Å². The Labute approximate surface area is 116 Å². The quantitative estimate of drug-likeness (QED) is 0.916. The Morgan fingerprint density at radius 2 is 2.00 bits per heavy atom. The summed E-state index contributed by atoms with van der Waals surface area (Å²) >= 11 is 0. The van der Waals surface area contributed by atoms with Gasteiger partial charge in [0, 0.05) is 35.9 Å². The summed E-state index contributed by atoms with van der Waals surface area (Å²) in [6, 6.07) is 8.17. The Morgan fingerprint density at radius 3 is 2.65 bits per heavy atom. The molecule has 0 spiro atoms. The van der Waals surface area contributed by atoms with Crippen molar-refractivity contribution >= 4 is 5.82 Å². The van der Waals surface area contributed by atoms with Crippen LogP contribution in [0, 0.1) is 0 Å². The van der Waals surface area contributed by atoms with Gasteiger partial charge in [0.05, 0.1) is 0 Å². The van der Waals surface area contributed by atoms with Gasteiger partial charge in [0.15, 0.2) is 5.82 Å². The van der Waals surface area contributed by atoms with Gasteiger partial charge in [0.1, 0.15) is 5.82 Å². The average molecular weight is 275 g/mol. The number of anilines is 1. The van der Waals surface area contributed by atoms with Gasteiger partial charge in [0.2, 0.25) is 0 Å². The Bertz CT molecular complexity index is 624. The fourth-order valence-corrected chi connectivity index (χ4v) is 2.12. The molecule has 2 aromatic rings. The normalized spacial score (nSPS) is 14.6. The lowest BCUT2D eigenvalue weighted by molar-refractivity contribution is 0.151. The summed E-state index contributed by atoms with van der Waals surface area (Å²) < 4.78 is 25.5. The van der Waals surface area contributed by atoms with Crippen LogP contribution in [0.3, 0.4) is 0 Å². The minimum Gasteiger partial charge on any atom is -0.373 e. The van der Waals surface area contributed by atoms with Crippen molar-refractivity contribution in [3.63, 3.8) is 0 Å². The van der Waals surface area contributed by atoms with Crippen LogP contribution >= 0.6 is 0 Å². The molecular weight excluding hydrogens is 260 g/mol. The fraction of sp³-hybridized carbons (Fsp3) is 0.333. The summed E-state index contributed by atoms with van der Waals surface area (Å²) in [4.78, 5) is 8.88. The zero-order valence-electron chi connectivity index (χ0n) is 11.1. The molecule has 1 N–H and O–H groups in total. The first-order valence-corrected chi connectivity index (χ1v) is 6.62. The van der Waals surface area contributed by atoms with Crippen LogP contribution < -0.4 is 5.32 Å². The molecule has 1 aliphatic carbocycles. The van der Waals surface area contributed by atoms with Crippen LogP contribution in [0.4, 0.5) is 14.6 Å². The highest BCUT2D eigenvalue weighted by atomic mass is 19.3. The van der Waals surface area contributed by atoms with Crippen LogP contribution in [0.15, 0.2) is 30.3 Å². The fourth-order valence-electron chi connectivity index (χ4n) is 2.12. The van der Waals surface area contributed by atoms with Gasteiger partial charge >= 0.3 is 0 Å².